The van der Waals surface area contributed by atoms with Gasteiger partial charge in [0.05, 0.1) is 19.6 Å². The predicted octanol–water partition coefficient (Wildman–Crippen LogP) is -3.25. The van der Waals surface area contributed by atoms with Crippen LogP contribution in [0, 0.1) is 5.92 Å². The zero-order valence-electron chi connectivity index (χ0n) is 16.3. The van der Waals surface area contributed by atoms with Gasteiger partial charge >= 0.3 is 17.9 Å². The second-order valence-electron chi connectivity index (χ2n) is 6.44. The SMILES string of the molecule is CCN(CCN(CCN(CC(N)=O)CC(C(=O)O)C(=O)O)CC(=O)O)CC(N)=O. The van der Waals surface area contributed by atoms with Gasteiger partial charge in [-0.15, -0.1) is 0 Å². The van der Waals surface area contributed by atoms with Gasteiger partial charge in [-0.05, 0) is 6.54 Å². The number of carbonyl (C=O) groups is 5. The largest absolute Gasteiger partial charge is 0.481 e. The average molecular weight is 419 g/mol. The van der Waals surface area contributed by atoms with Crippen molar-refractivity contribution >= 4 is 29.7 Å². The maximum Gasteiger partial charge on any atom is 0.319 e. The smallest absolute Gasteiger partial charge is 0.319 e. The normalized spacial score (nSPS) is 11.3. The molecule has 7 N–H and O–H groups in total. The Labute approximate surface area is 167 Å². The molecule has 2 amide bonds. The number of nitrogens with zero attached hydrogens (tertiary/aromatic N) is 3. The Hall–Kier alpha value is -2.77. The average Bonchev–Trinajstić information content (AvgIpc) is 2.58. The number of aliphatic carboxylic acids is 3. The molecule has 0 radical (unpaired) electrons. The Morgan fingerprint density at radius 1 is 0.724 bits per heavy atom. The van der Waals surface area contributed by atoms with Gasteiger partial charge in [0.25, 0.3) is 0 Å². The quantitative estimate of drug-likeness (QED) is 0.148. The van der Waals surface area contributed by atoms with E-state index in [1.54, 1.807) is 4.90 Å². The summed E-state index contributed by atoms with van der Waals surface area (Å²) in [6.45, 7) is 1.94. The zero-order valence-corrected chi connectivity index (χ0v) is 16.3. The Balaban J connectivity index is 5.04. The fraction of sp³-hybridized carbons (Fsp3) is 0.688. The molecule has 0 spiro atoms. The molecule has 0 saturated heterocycles. The molecule has 0 unspecified atom stereocenters. The van der Waals surface area contributed by atoms with Crippen LogP contribution in [0.2, 0.25) is 0 Å². The molecule has 13 heteroatoms. The molecule has 0 bridgehead atoms. The van der Waals surface area contributed by atoms with Gasteiger partial charge in [-0.2, -0.15) is 0 Å². The van der Waals surface area contributed by atoms with E-state index < -0.39 is 42.2 Å². The minimum Gasteiger partial charge on any atom is -0.481 e. The molecular formula is C16H29N5O8. The van der Waals surface area contributed by atoms with E-state index in [1.807, 2.05) is 6.92 Å². The summed E-state index contributed by atoms with van der Waals surface area (Å²) in [6.07, 6.45) is 0. The highest BCUT2D eigenvalue weighted by atomic mass is 16.4. The first-order chi connectivity index (χ1) is 13.5. The van der Waals surface area contributed by atoms with E-state index in [2.05, 4.69) is 0 Å². The number of carboxylic acid groups (broad SMARTS) is 3. The van der Waals surface area contributed by atoms with Crippen LogP contribution in [0.5, 0.6) is 0 Å². The predicted molar refractivity (Wildman–Crippen MR) is 99.8 cm³/mol. The molecule has 0 fully saturated rings. The Morgan fingerprint density at radius 2 is 1.14 bits per heavy atom. The van der Waals surface area contributed by atoms with Crippen molar-refractivity contribution in [3.8, 4) is 0 Å². The standard InChI is InChI=1S/C16H29N5O8/c1-2-19(8-12(17)22)3-4-20(10-14(24)25)5-6-21(9-13(18)23)7-11(15(26)27)16(28)29/h11H,2-10H2,1H3,(H2,17,22)(H2,18,23)(H,24,25)(H,26,27)(H,28,29). The Bertz CT molecular complexity index is 586. The third kappa shape index (κ3) is 12.3. The molecular weight excluding hydrogens is 390 g/mol. The van der Waals surface area contributed by atoms with E-state index in [1.165, 1.54) is 9.80 Å². The topological polar surface area (TPSA) is 208 Å². The molecule has 0 aliphatic carbocycles. The van der Waals surface area contributed by atoms with Crippen LogP contribution in [0.3, 0.4) is 0 Å². The highest BCUT2D eigenvalue weighted by molar-refractivity contribution is 5.93. The molecule has 0 aromatic heterocycles. The number of amides is 2. The van der Waals surface area contributed by atoms with Gasteiger partial charge in [-0.25, -0.2) is 0 Å². The Kier molecular flexibility index (Phi) is 12.1. The third-order valence-corrected chi connectivity index (χ3v) is 4.07. The van der Waals surface area contributed by atoms with Crippen LogP contribution in [0.1, 0.15) is 6.92 Å². The van der Waals surface area contributed by atoms with Crippen LogP contribution in [-0.4, -0.2) is 119 Å². The first kappa shape index (κ1) is 26.2. The van der Waals surface area contributed by atoms with E-state index in [0.29, 0.717) is 13.1 Å². The lowest BCUT2D eigenvalue weighted by Crippen LogP contribution is -2.47. The maximum atomic E-state index is 11.2. The summed E-state index contributed by atoms with van der Waals surface area (Å²) in [6, 6.07) is 0. The summed E-state index contributed by atoms with van der Waals surface area (Å²) in [5.41, 5.74) is 10.3. The second kappa shape index (κ2) is 13.4. The lowest BCUT2D eigenvalue weighted by Gasteiger charge is -2.28. The maximum absolute atomic E-state index is 11.2. The van der Waals surface area contributed by atoms with Crippen molar-refractivity contribution in [1.29, 1.82) is 0 Å². The van der Waals surface area contributed by atoms with Gasteiger partial charge in [-0.3, -0.25) is 38.7 Å². The van der Waals surface area contributed by atoms with Crippen molar-refractivity contribution in [2.24, 2.45) is 17.4 Å². The van der Waals surface area contributed by atoms with E-state index in [9.17, 15) is 24.0 Å². The highest BCUT2D eigenvalue weighted by Gasteiger charge is 2.29. The van der Waals surface area contributed by atoms with Gasteiger partial charge < -0.3 is 26.8 Å². The van der Waals surface area contributed by atoms with Crippen LogP contribution in [-0.2, 0) is 24.0 Å². The van der Waals surface area contributed by atoms with Crippen molar-refractivity contribution in [2.45, 2.75) is 6.92 Å². The molecule has 0 aromatic rings. The van der Waals surface area contributed by atoms with E-state index >= 15 is 0 Å². The molecule has 0 atom stereocenters. The van der Waals surface area contributed by atoms with Gasteiger partial charge in [0.1, 0.15) is 0 Å². The number of hydrogen-bond acceptors (Lipinski definition) is 8. The number of primary amides is 2. The summed E-state index contributed by atoms with van der Waals surface area (Å²) in [7, 11) is 0. The van der Waals surface area contributed by atoms with Crippen LogP contribution >= 0.6 is 0 Å². The van der Waals surface area contributed by atoms with Crippen LogP contribution in [0.4, 0.5) is 0 Å². The molecule has 13 nitrogen and oxygen atoms in total. The van der Waals surface area contributed by atoms with Crippen LogP contribution in [0.15, 0.2) is 0 Å². The van der Waals surface area contributed by atoms with Crippen molar-refractivity contribution < 1.29 is 39.3 Å². The molecule has 0 aliphatic rings. The number of hydrogen-bond donors (Lipinski definition) is 5. The Morgan fingerprint density at radius 3 is 1.52 bits per heavy atom. The fourth-order valence-electron chi connectivity index (χ4n) is 2.57. The number of carboxylic acids is 3. The molecule has 166 valence electrons. The van der Waals surface area contributed by atoms with E-state index in [4.69, 9.17) is 26.8 Å². The minimum atomic E-state index is -1.76. The van der Waals surface area contributed by atoms with Gasteiger partial charge in [0.15, 0.2) is 5.92 Å². The number of rotatable bonds is 17. The van der Waals surface area contributed by atoms with Gasteiger partial charge in [0.2, 0.25) is 11.8 Å². The van der Waals surface area contributed by atoms with Crippen molar-refractivity contribution in [2.75, 3.05) is 58.9 Å². The number of nitrogens with two attached hydrogens (primary N) is 2. The van der Waals surface area contributed by atoms with E-state index in [0.717, 1.165) is 0 Å². The fourth-order valence-corrected chi connectivity index (χ4v) is 2.57. The monoisotopic (exact) mass is 419 g/mol. The molecule has 0 saturated carbocycles. The third-order valence-electron chi connectivity index (χ3n) is 4.07. The summed E-state index contributed by atoms with van der Waals surface area (Å²) in [5, 5.41) is 27.1. The number of carbonyl (C=O) groups excluding carboxylic acids is 2. The highest BCUT2D eigenvalue weighted by Crippen LogP contribution is 2.03. The first-order valence-corrected chi connectivity index (χ1v) is 8.87. The van der Waals surface area contributed by atoms with Crippen molar-refractivity contribution in [3.63, 3.8) is 0 Å². The summed E-state index contributed by atoms with van der Waals surface area (Å²) in [5.74, 6) is -7.26. The lowest BCUT2D eigenvalue weighted by atomic mass is 10.1. The van der Waals surface area contributed by atoms with Crippen molar-refractivity contribution in [1.82, 2.24) is 14.7 Å². The summed E-state index contributed by atoms with van der Waals surface area (Å²) >= 11 is 0. The van der Waals surface area contributed by atoms with E-state index in [-0.39, 0.29) is 39.3 Å². The summed E-state index contributed by atoms with van der Waals surface area (Å²) in [4.78, 5) is 60.1. The van der Waals surface area contributed by atoms with Crippen LogP contribution < -0.4 is 11.5 Å². The number of likely N-dealkylation sites (N-methyl/N-ethyl adjacent to an activating group) is 1. The molecule has 0 aromatic carbocycles. The molecule has 0 rings (SSSR count). The molecule has 29 heavy (non-hydrogen) atoms. The molecule has 0 heterocycles. The van der Waals surface area contributed by atoms with Gasteiger partial charge in [0, 0.05) is 32.7 Å². The molecule has 0 aliphatic heterocycles. The van der Waals surface area contributed by atoms with Crippen molar-refractivity contribution in [3.05, 3.63) is 0 Å². The summed E-state index contributed by atoms with van der Waals surface area (Å²) < 4.78 is 0. The second-order valence-corrected chi connectivity index (χ2v) is 6.44. The first-order valence-electron chi connectivity index (χ1n) is 8.87. The van der Waals surface area contributed by atoms with Crippen LogP contribution in [0.25, 0.3) is 0 Å². The van der Waals surface area contributed by atoms with Gasteiger partial charge in [-0.1, -0.05) is 6.92 Å². The minimum absolute atomic E-state index is 0.0180. The zero-order chi connectivity index (χ0) is 22.6. The lowest BCUT2D eigenvalue weighted by molar-refractivity contribution is -0.155.